The first-order valence-electron chi connectivity index (χ1n) is 3.22. The third-order valence-electron chi connectivity index (χ3n) is 2.41. The van der Waals surface area contributed by atoms with Gasteiger partial charge in [-0.2, -0.15) is 0 Å². The first-order valence-corrected chi connectivity index (χ1v) is 3.22. The fraction of sp³-hybridized carbons (Fsp3) is 1.00. The monoisotopic (exact) mass is 149 g/mol. The largest absolute Gasteiger partial charge is 0.391 e. The van der Waals surface area contributed by atoms with Crippen molar-refractivity contribution in [2.24, 2.45) is 5.41 Å². The van der Waals surface area contributed by atoms with Crippen LogP contribution in [0, 0.1) is 5.41 Å². The Morgan fingerprint density at radius 3 is 2.33 bits per heavy atom. The lowest BCUT2D eigenvalue weighted by atomic mass is 10.0. The maximum atomic E-state index is 9.26. The topological polar surface area (TPSA) is 32.3 Å². The Balaban J connectivity index is 0.000000405. The summed E-state index contributed by atoms with van der Waals surface area (Å²) < 4.78 is 0. The number of aliphatic hydroxyl groups is 1. The van der Waals surface area contributed by atoms with Crippen molar-refractivity contribution >= 4 is 12.4 Å². The highest BCUT2D eigenvalue weighted by Crippen LogP contribution is 2.50. The lowest BCUT2D eigenvalue weighted by molar-refractivity contribution is 0.135. The lowest BCUT2D eigenvalue weighted by Gasteiger charge is -2.07. The SMILES string of the molecule is Cl.O[C@H]1CNCC12CC2. The van der Waals surface area contributed by atoms with E-state index in [2.05, 4.69) is 5.32 Å². The van der Waals surface area contributed by atoms with Gasteiger partial charge in [0.05, 0.1) is 6.10 Å². The number of hydrogen-bond donors (Lipinski definition) is 2. The molecule has 0 bridgehead atoms. The van der Waals surface area contributed by atoms with Crippen LogP contribution in [0.1, 0.15) is 12.8 Å². The van der Waals surface area contributed by atoms with Crippen LogP contribution >= 0.6 is 12.4 Å². The van der Waals surface area contributed by atoms with E-state index in [0.29, 0.717) is 5.41 Å². The minimum Gasteiger partial charge on any atom is -0.391 e. The van der Waals surface area contributed by atoms with E-state index in [1.165, 1.54) is 12.8 Å². The van der Waals surface area contributed by atoms with Crippen LogP contribution < -0.4 is 5.32 Å². The highest BCUT2D eigenvalue weighted by Gasteiger charge is 2.51. The molecule has 1 aliphatic carbocycles. The van der Waals surface area contributed by atoms with Crippen LogP contribution in [0.5, 0.6) is 0 Å². The van der Waals surface area contributed by atoms with Crippen molar-refractivity contribution < 1.29 is 5.11 Å². The number of β-amino-alcohol motifs (C(OH)–C–C–N with tert-alkyl or cyclic N) is 1. The van der Waals surface area contributed by atoms with E-state index in [1.807, 2.05) is 0 Å². The zero-order chi connectivity index (χ0) is 5.61. The molecule has 54 valence electrons. The summed E-state index contributed by atoms with van der Waals surface area (Å²) in [5.74, 6) is 0. The van der Waals surface area contributed by atoms with Crippen LogP contribution in [0.25, 0.3) is 0 Å². The molecule has 0 aromatic rings. The molecule has 1 saturated carbocycles. The van der Waals surface area contributed by atoms with Gasteiger partial charge in [-0.3, -0.25) is 0 Å². The molecule has 2 fully saturated rings. The van der Waals surface area contributed by atoms with Crippen LogP contribution in [0.3, 0.4) is 0 Å². The second kappa shape index (κ2) is 2.11. The third-order valence-corrected chi connectivity index (χ3v) is 2.41. The summed E-state index contributed by atoms with van der Waals surface area (Å²) >= 11 is 0. The molecule has 1 saturated heterocycles. The Hall–Kier alpha value is 0.210. The molecule has 1 spiro atoms. The van der Waals surface area contributed by atoms with Crippen molar-refractivity contribution in [3.63, 3.8) is 0 Å². The number of aliphatic hydroxyl groups excluding tert-OH is 1. The van der Waals surface area contributed by atoms with E-state index in [9.17, 15) is 5.11 Å². The van der Waals surface area contributed by atoms with E-state index in [1.54, 1.807) is 0 Å². The summed E-state index contributed by atoms with van der Waals surface area (Å²) in [6, 6.07) is 0. The van der Waals surface area contributed by atoms with E-state index >= 15 is 0 Å². The van der Waals surface area contributed by atoms with E-state index in [-0.39, 0.29) is 18.5 Å². The highest BCUT2D eigenvalue weighted by molar-refractivity contribution is 5.85. The zero-order valence-corrected chi connectivity index (χ0v) is 6.08. The number of halogens is 1. The molecule has 0 aromatic carbocycles. The van der Waals surface area contributed by atoms with Crippen molar-refractivity contribution in [2.45, 2.75) is 18.9 Å². The Morgan fingerprint density at radius 1 is 1.44 bits per heavy atom. The minimum atomic E-state index is -0.0394. The standard InChI is InChI=1S/C6H11NO.ClH/c8-5-3-7-4-6(5)1-2-6;/h5,7-8H,1-4H2;1H/t5-;/m0./s1. The summed E-state index contributed by atoms with van der Waals surface area (Å²) in [6.45, 7) is 1.87. The normalized spacial score (nSPS) is 36.3. The van der Waals surface area contributed by atoms with Crippen LogP contribution in [0.15, 0.2) is 0 Å². The van der Waals surface area contributed by atoms with Gasteiger partial charge >= 0.3 is 0 Å². The lowest BCUT2D eigenvalue weighted by Crippen LogP contribution is -2.18. The summed E-state index contributed by atoms with van der Waals surface area (Å²) in [7, 11) is 0. The maximum absolute atomic E-state index is 9.26. The average Bonchev–Trinajstić information content (AvgIpc) is 2.39. The fourth-order valence-corrected chi connectivity index (χ4v) is 1.46. The van der Waals surface area contributed by atoms with Gasteiger partial charge in [-0.25, -0.2) is 0 Å². The first kappa shape index (κ1) is 7.32. The molecular weight excluding hydrogens is 138 g/mol. The maximum Gasteiger partial charge on any atom is 0.0732 e. The van der Waals surface area contributed by atoms with E-state index < -0.39 is 0 Å². The van der Waals surface area contributed by atoms with Crippen molar-refractivity contribution in [1.29, 1.82) is 0 Å². The van der Waals surface area contributed by atoms with Crippen LogP contribution in [0.2, 0.25) is 0 Å². The minimum absolute atomic E-state index is 0. The summed E-state index contributed by atoms with van der Waals surface area (Å²) in [6.07, 6.45) is 2.44. The van der Waals surface area contributed by atoms with Gasteiger partial charge in [0.15, 0.2) is 0 Å². The van der Waals surface area contributed by atoms with Gasteiger partial charge < -0.3 is 10.4 Å². The zero-order valence-electron chi connectivity index (χ0n) is 5.26. The molecule has 2 nitrogen and oxygen atoms in total. The molecule has 1 aliphatic heterocycles. The smallest absolute Gasteiger partial charge is 0.0732 e. The van der Waals surface area contributed by atoms with Crippen LogP contribution in [0.4, 0.5) is 0 Å². The van der Waals surface area contributed by atoms with Gasteiger partial charge in [0.2, 0.25) is 0 Å². The van der Waals surface area contributed by atoms with Crippen molar-refractivity contribution in [3.05, 3.63) is 0 Å². The van der Waals surface area contributed by atoms with Crippen molar-refractivity contribution in [1.82, 2.24) is 5.32 Å². The molecule has 0 aromatic heterocycles. The Morgan fingerprint density at radius 2 is 2.11 bits per heavy atom. The average molecular weight is 150 g/mol. The molecule has 1 atom stereocenters. The van der Waals surface area contributed by atoms with Gasteiger partial charge in [0.1, 0.15) is 0 Å². The number of rotatable bonds is 0. The first-order chi connectivity index (χ1) is 3.83. The predicted molar refractivity (Wildman–Crippen MR) is 37.8 cm³/mol. The predicted octanol–water partition coefficient (Wildman–Crippen LogP) is 0.152. The van der Waals surface area contributed by atoms with Gasteiger partial charge in [0, 0.05) is 18.5 Å². The Bertz CT molecular complexity index is 114. The molecule has 0 unspecified atom stereocenters. The molecule has 9 heavy (non-hydrogen) atoms. The van der Waals surface area contributed by atoms with Gasteiger partial charge in [-0.05, 0) is 12.8 Å². The number of hydrogen-bond acceptors (Lipinski definition) is 2. The molecular formula is C6H12ClNO. The fourth-order valence-electron chi connectivity index (χ4n) is 1.46. The molecule has 2 N–H and O–H groups in total. The molecule has 0 amide bonds. The van der Waals surface area contributed by atoms with Gasteiger partial charge in [0.25, 0.3) is 0 Å². The summed E-state index contributed by atoms with van der Waals surface area (Å²) in [5.41, 5.74) is 0.347. The Kier molecular flexibility index (Phi) is 1.72. The van der Waals surface area contributed by atoms with E-state index in [4.69, 9.17) is 0 Å². The van der Waals surface area contributed by atoms with E-state index in [0.717, 1.165) is 13.1 Å². The Labute approximate surface area is 61.0 Å². The molecule has 3 heteroatoms. The number of nitrogens with one attached hydrogen (secondary N) is 1. The molecule has 1 heterocycles. The summed E-state index contributed by atoms with van der Waals surface area (Å²) in [5, 5.41) is 12.4. The highest BCUT2D eigenvalue weighted by atomic mass is 35.5. The second-order valence-electron chi connectivity index (χ2n) is 3.01. The van der Waals surface area contributed by atoms with Gasteiger partial charge in [-0.1, -0.05) is 0 Å². The quantitative estimate of drug-likeness (QED) is 0.514. The summed E-state index contributed by atoms with van der Waals surface area (Å²) in [4.78, 5) is 0. The molecule has 2 aliphatic rings. The van der Waals surface area contributed by atoms with Crippen LogP contribution in [-0.2, 0) is 0 Å². The van der Waals surface area contributed by atoms with Crippen LogP contribution in [-0.4, -0.2) is 24.3 Å². The third kappa shape index (κ3) is 0.955. The molecule has 2 rings (SSSR count). The second-order valence-corrected chi connectivity index (χ2v) is 3.01. The van der Waals surface area contributed by atoms with Crippen molar-refractivity contribution in [3.8, 4) is 0 Å². The molecule has 0 radical (unpaired) electrons. The van der Waals surface area contributed by atoms with Crippen molar-refractivity contribution in [2.75, 3.05) is 13.1 Å². The van der Waals surface area contributed by atoms with Gasteiger partial charge in [-0.15, -0.1) is 12.4 Å².